The van der Waals surface area contributed by atoms with E-state index in [9.17, 15) is 9.59 Å². The van der Waals surface area contributed by atoms with Crippen LogP contribution in [0.4, 0.5) is 15.0 Å². The van der Waals surface area contributed by atoms with Crippen LogP contribution in [0, 0.1) is 5.82 Å². The van der Waals surface area contributed by atoms with Crippen LogP contribution in [-0.2, 0) is 17.8 Å². The van der Waals surface area contributed by atoms with Gasteiger partial charge in [0.15, 0.2) is 11.6 Å². The van der Waals surface area contributed by atoms with Crippen molar-refractivity contribution in [2.24, 2.45) is 0 Å². The van der Waals surface area contributed by atoms with E-state index in [1.165, 1.54) is 12.0 Å². The Morgan fingerprint density at radius 3 is 2.83 bits per heavy atom. The summed E-state index contributed by atoms with van der Waals surface area (Å²) in [7, 11) is 3.09. The number of amides is 2. The normalized spacial score (nSPS) is 16.8. The molecular weight excluding hydrogens is 491 g/mol. The number of pyridine rings is 1. The number of methoxy groups -OCH3 is 2. The summed E-state index contributed by atoms with van der Waals surface area (Å²) < 4.78 is 31.4. The predicted molar refractivity (Wildman–Crippen MR) is 132 cm³/mol. The number of carbonyl (C=O) groups is 2. The van der Waals surface area contributed by atoms with Gasteiger partial charge in [0, 0.05) is 36.8 Å². The number of carbonyl (C=O) groups excluding carboxylic acids is 2. The van der Waals surface area contributed by atoms with Gasteiger partial charge in [-0.15, -0.1) is 0 Å². The quantitative estimate of drug-likeness (QED) is 0.392. The fraction of sp³-hybridized carbons (Fsp3) is 0.480. The van der Waals surface area contributed by atoms with E-state index in [0.717, 1.165) is 18.4 Å². The van der Waals surface area contributed by atoms with Crippen molar-refractivity contribution in [2.75, 3.05) is 38.8 Å². The molecule has 11 heteroatoms. The molecule has 1 N–H and O–H groups in total. The molecule has 2 aromatic rings. The maximum absolute atomic E-state index is 15.6. The average molecular weight is 521 g/mol. The maximum atomic E-state index is 15.6. The lowest BCUT2D eigenvalue weighted by atomic mass is 10.1. The molecule has 0 spiro atoms. The molecule has 194 valence electrons. The van der Waals surface area contributed by atoms with Gasteiger partial charge in [-0.1, -0.05) is 24.9 Å². The number of hydrogen-bond acceptors (Lipinski definition) is 7. The molecule has 2 amide bonds. The number of unbranched alkanes of at least 4 members (excludes halogenated alkanes) is 1. The van der Waals surface area contributed by atoms with Crippen molar-refractivity contribution in [2.45, 2.75) is 45.3 Å². The molecule has 3 heterocycles. The number of alkyl carbamates (subject to hydrolysis) is 1. The summed E-state index contributed by atoms with van der Waals surface area (Å²) in [5, 5.41) is 2.78. The van der Waals surface area contributed by atoms with Gasteiger partial charge in [-0.3, -0.25) is 4.79 Å². The van der Waals surface area contributed by atoms with E-state index in [1.54, 1.807) is 30.2 Å². The first kappa shape index (κ1) is 25.8. The van der Waals surface area contributed by atoms with Crippen LogP contribution in [0.15, 0.2) is 18.2 Å². The third-order valence-electron chi connectivity index (χ3n) is 6.42. The zero-order valence-electron chi connectivity index (χ0n) is 20.6. The second-order valence-corrected chi connectivity index (χ2v) is 9.16. The summed E-state index contributed by atoms with van der Waals surface area (Å²) in [5.41, 5.74) is 1.06. The monoisotopic (exact) mass is 520 g/mol. The molecule has 2 aliphatic heterocycles. The number of anilines is 1. The Balaban J connectivity index is 1.48. The molecule has 2 aliphatic rings. The number of nitrogens with one attached hydrogen (secondary N) is 1. The van der Waals surface area contributed by atoms with Crippen LogP contribution in [0.2, 0.25) is 5.15 Å². The van der Waals surface area contributed by atoms with Gasteiger partial charge in [0.2, 0.25) is 0 Å². The van der Waals surface area contributed by atoms with E-state index in [1.807, 2.05) is 6.92 Å². The van der Waals surface area contributed by atoms with Crippen LogP contribution in [0.3, 0.4) is 0 Å². The lowest BCUT2D eigenvalue weighted by Crippen LogP contribution is -2.37. The van der Waals surface area contributed by atoms with Crippen molar-refractivity contribution >= 4 is 29.4 Å². The van der Waals surface area contributed by atoms with Gasteiger partial charge in [0.05, 0.1) is 39.0 Å². The molecule has 1 aromatic carbocycles. The average Bonchev–Trinajstić information content (AvgIpc) is 3.46. The van der Waals surface area contributed by atoms with Gasteiger partial charge in [-0.2, -0.15) is 0 Å². The molecule has 4 rings (SSSR count). The molecule has 9 nitrogen and oxygen atoms in total. The molecular formula is C25H30ClFN4O5. The van der Waals surface area contributed by atoms with Gasteiger partial charge in [-0.25, -0.2) is 14.2 Å². The molecule has 0 radical (unpaired) electrons. The highest BCUT2D eigenvalue weighted by Crippen LogP contribution is 2.37. The summed E-state index contributed by atoms with van der Waals surface area (Å²) in [6.45, 7) is 3.50. The zero-order valence-corrected chi connectivity index (χ0v) is 21.4. The summed E-state index contributed by atoms with van der Waals surface area (Å²) >= 11 is 6.40. The number of rotatable bonds is 9. The zero-order chi connectivity index (χ0) is 25.8. The second kappa shape index (κ2) is 11.2. The smallest absolute Gasteiger partial charge is 0.407 e. The minimum atomic E-state index is -0.571. The van der Waals surface area contributed by atoms with Gasteiger partial charge < -0.3 is 29.3 Å². The van der Waals surface area contributed by atoms with E-state index < -0.39 is 11.9 Å². The van der Waals surface area contributed by atoms with Crippen molar-refractivity contribution in [3.63, 3.8) is 0 Å². The Labute approximate surface area is 214 Å². The molecule has 1 fully saturated rings. The topological polar surface area (TPSA) is 93.2 Å². The molecule has 0 unspecified atom stereocenters. The van der Waals surface area contributed by atoms with Crippen LogP contribution in [0.25, 0.3) is 0 Å². The lowest BCUT2D eigenvalue weighted by molar-refractivity contribution is 0.0765. The SMILES string of the molecule is CCCCOC(=O)N[C@H]1CCN(c2nc(Cl)c3c(c2F)CN(Cc2ccc(OC)cc2OC)C3=O)C1. The summed E-state index contributed by atoms with van der Waals surface area (Å²) in [4.78, 5) is 32.6. The van der Waals surface area contributed by atoms with Crippen LogP contribution in [0.5, 0.6) is 11.5 Å². The van der Waals surface area contributed by atoms with E-state index in [4.69, 9.17) is 25.8 Å². The van der Waals surface area contributed by atoms with E-state index in [0.29, 0.717) is 37.6 Å². The first-order valence-electron chi connectivity index (χ1n) is 11.9. The molecule has 1 aromatic heterocycles. The molecule has 1 atom stereocenters. The van der Waals surface area contributed by atoms with Gasteiger partial charge in [-0.05, 0) is 25.0 Å². The van der Waals surface area contributed by atoms with Crippen molar-refractivity contribution < 1.29 is 28.2 Å². The fourth-order valence-corrected chi connectivity index (χ4v) is 4.74. The maximum Gasteiger partial charge on any atom is 0.407 e. The summed E-state index contributed by atoms with van der Waals surface area (Å²) in [6, 6.07) is 5.11. The number of halogens is 2. The predicted octanol–water partition coefficient (Wildman–Crippen LogP) is 4.15. The molecule has 1 saturated heterocycles. The molecule has 0 saturated carbocycles. The number of ether oxygens (including phenoxy) is 3. The van der Waals surface area contributed by atoms with Crippen molar-refractivity contribution in [1.29, 1.82) is 0 Å². The van der Waals surface area contributed by atoms with Gasteiger partial charge >= 0.3 is 6.09 Å². The number of fused-ring (bicyclic) bond motifs is 1. The lowest BCUT2D eigenvalue weighted by Gasteiger charge is -2.20. The number of aromatic nitrogens is 1. The van der Waals surface area contributed by atoms with E-state index in [2.05, 4.69) is 10.3 Å². The molecule has 36 heavy (non-hydrogen) atoms. The third-order valence-corrected chi connectivity index (χ3v) is 6.69. The number of hydrogen-bond donors (Lipinski definition) is 1. The Morgan fingerprint density at radius 1 is 1.31 bits per heavy atom. The Morgan fingerprint density at radius 2 is 2.11 bits per heavy atom. The third kappa shape index (κ3) is 5.28. The van der Waals surface area contributed by atoms with Crippen molar-refractivity contribution in [1.82, 2.24) is 15.2 Å². The van der Waals surface area contributed by atoms with Crippen LogP contribution < -0.4 is 19.7 Å². The Hall–Kier alpha value is -3.27. The minimum Gasteiger partial charge on any atom is -0.497 e. The Bertz CT molecular complexity index is 1150. The van der Waals surface area contributed by atoms with Crippen LogP contribution >= 0.6 is 11.6 Å². The molecule has 0 bridgehead atoms. The number of nitrogens with zero attached hydrogens (tertiary/aromatic N) is 3. The highest BCUT2D eigenvalue weighted by molar-refractivity contribution is 6.33. The largest absolute Gasteiger partial charge is 0.497 e. The van der Waals surface area contributed by atoms with Crippen LogP contribution in [-0.4, -0.2) is 61.8 Å². The molecule has 0 aliphatic carbocycles. The summed E-state index contributed by atoms with van der Waals surface area (Å²) in [5.74, 6) is 0.313. The van der Waals surface area contributed by atoms with Crippen molar-refractivity contribution in [3.8, 4) is 11.5 Å². The summed E-state index contributed by atoms with van der Waals surface area (Å²) in [6.07, 6.45) is 1.86. The van der Waals surface area contributed by atoms with E-state index in [-0.39, 0.29) is 47.1 Å². The Kier molecular flexibility index (Phi) is 8.03. The first-order valence-corrected chi connectivity index (χ1v) is 12.3. The first-order chi connectivity index (χ1) is 17.4. The van der Waals surface area contributed by atoms with Gasteiger partial charge in [0.25, 0.3) is 5.91 Å². The number of benzene rings is 1. The second-order valence-electron chi connectivity index (χ2n) is 8.80. The minimum absolute atomic E-state index is 0.0361. The standard InChI is InChI=1S/C25H30ClFN4O5/c1-4-5-10-36-25(33)28-16-8-9-30(13-16)23-21(27)18-14-31(24(32)20(18)22(26)29-23)12-15-6-7-17(34-2)11-19(15)35-3/h6-7,11,16H,4-5,8-10,12-14H2,1-3H3,(H,28,33)/t16-/m0/s1. The highest BCUT2D eigenvalue weighted by atomic mass is 35.5. The van der Waals surface area contributed by atoms with Crippen LogP contribution in [0.1, 0.15) is 47.7 Å². The van der Waals surface area contributed by atoms with Crippen molar-refractivity contribution in [3.05, 3.63) is 45.9 Å². The highest BCUT2D eigenvalue weighted by Gasteiger charge is 2.37. The van der Waals surface area contributed by atoms with E-state index >= 15 is 4.39 Å². The van der Waals surface area contributed by atoms with Gasteiger partial charge in [0.1, 0.15) is 16.7 Å². The fourth-order valence-electron chi connectivity index (χ4n) is 4.47.